The van der Waals surface area contributed by atoms with Crippen LogP contribution in [0.4, 0.5) is 0 Å². The summed E-state index contributed by atoms with van der Waals surface area (Å²) in [5.74, 6) is 1.30. The second-order valence-corrected chi connectivity index (χ2v) is 10.1. The lowest BCUT2D eigenvalue weighted by atomic mass is 9.59. The molecule has 9 atom stereocenters. The lowest BCUT2D eigenvalue weighted by Crippen LogP contribution is -2.54. The van der Waals surface area contributed by atoms with Crippen molar-refractivity contribution in [1.82, 2.24) is 0 Å². The number of Topliss-reactive ketones (excluding diaryl/α,β-unsaturated/α-hetero) is 1. The van der Waals surface area contributed by atoms with Crippen LogP contribution in [0.15, 0.2) is 12.2 Å². The molecule has 0 spiro atoms. The largest absolute Gasteiger partial charge is 0.462 e. The van der Waals surface area contributed by atoms with Crippen molar-refractivity contribution in [1.29, 1.82) is 0 Å². The molecule has 3 aliphatic heterocycles. The monoisotopic (exact) mass is 404 g/mol. The van der Waals surface area contributed by atoms with Crippen LogP contribution < -0.4 is 0 Å². The maximum Gasteiger partial charge on any atom is 0.306 e. The zero-order valence-electron chi connectivity index (χ0n) is 18.3. The van der Waals surface area contributed by atoms with E-state index in [0.29, 0.717) is 37.7 Å². The fourth-order valence-electron chi connectivity index (χ4n) is 6.44. The first kappa shape index (κ1) is 21.0. The molecule has 0 radical (unpaired) electrons. The Morgan fingerprint density at radius 1 is 1.24 bits per heavy atom. The maximum absolute atomic E-state index is 13.2. The van der Waals surface area contributed by atoms with Crippen molar-refractivity contribution < 1.29 is 23.8 Å². The normalized spacial score (nSPS) is 47.0. The molecule has 4 fully saturated rings. The van der Waals surface area contributed by atoms with E-state index in [4.69, 9.17) is 14.2 Å². The minimum Gasteiger partial charge on any atom is -0.462 e. The summed E-state index contributed by atoms with van der Waals surface area (Å²) >= 11 is 0. The van der Waals surface area contributed by atoms with E-state index < -0.39 is 5.60 Å². The highest BCUT2D eigenvalue weighted by molar-refractivity contribution is 5.88. The molecule has 0 aromatic carbocycles. The van der Waals surface area contributed by atoms with Crippen molar-refractivity contribution in [3.63, 3.8) is 0 Å². The molecule has 1 aliphatic carbocycles. The van der Waals surface area contributed by atoms with Gasteiger partial charge in [-0.2, -0.15) is 0 Å². The average molecular weight is 405 g/mol. The molecule has 1 saturated carbocycles. The van der Waals surface area contributed by atoms with Crippen molar-refractivity contribution in [2.24, 2.45) is 29.6 Å². The smallest absolute Gasteiger partial charge is 0.306 e. The molecule has 0 N–H and O–H groups in total. The second kappa shape index (κ2) is 7.81. The maximum atomic E-state index is 13.2. The van der Waals surface area contributed by atoms with E-state index in [1.807, 2.05) is 13.8 Å². The van der Waals surface area contributed by atoms with Crippen LogP contribution in [-0.4, -0.2) is 42.3 Å². The summed E-state index contributed by atoms with van der Waals surface area (Å²) in [6, 6.07) is 0. The Bertz CT molecular complexity index is 687. The Labute approximate surface area is 174 Å². The minimum atomic E-state index is -0.927. The fraction of sp³-hybridized carbons (Fsp3) is 0.833. The standard InChI is InChI=1S/C24H36O5/c1-6-7-19(26)29-22-14(3)11-16-15(4)12-27-24(5)18(25)9-8-13(2)10-17-21(22)20(16)23(24)28-17/h14-17,20-23H,2,6-12H2,1,3-5H3. The molecular weight excluding hydrogens is 368 g/mol. The highest BCUT2D eigenvalue weighted by atomic mass is 16.6. The first-order valence-corrected chi connectivity index (χ1v) is 11.4. The Morgan fingerprint density at radius 3 is 2.72 bits per heavy atom. The number of hydrogen-bond acceptors (Lipinski definition) is 5. The topological polar surface area (TPSA) is 61.8 Å². The number of esters is 1. The van der Waals surface area contributed by atoms with E-state index >= 15 is 0 Å². The van der Waals surface area contributed by atoms with Crippen molar-refractivity contribution in [2.45, 2.75) is 90.1 Å². The molecular formula is C24H36O5. The van der Waals surface area contributed by atoms with Crippen molar-refractivity contribution in [3.8, 4) is 0 Å². The van der Waals surface area contributed by atoms with Crippen LogP contribution in [0.5, 0.6) is 0 Å². The second-order valence-electron chi connectivity index (χ2n) is 10.1. The number of carbonyl (C=O) groups is 2. The van der Waals surface area contributed by atoms with Gasteiger partial charge >= 0.3 is 5.97 Å². The van der Waals surface area contributed by atoms with Crippen molar-refractivity contribution >= 4 is 11.8 Å². The van der Waals surface area contributed by atoms with Crippen LogP contribution >= 0.6 is 0 Å². The number of fused-ring (bicyclic) bond motifs is 2. The number of carbonyl (C=O) groups excluding carboxylic acids is 2. The molecule has 0 amide bonds. The SMILES string of the molecule is C=C1CCC(=O)C2(C)OCC(C)C3CC(C)C(OC(=O)CCC)C4C(C1)OC2C34. The van der Waals surface area contributed by atoms with Gasteiger partial charge in [-0.25, -0.2) is 0 Å². The molecule has 4 rings (SSSR count). The summed E-state index contributed by atoms with van der Waals surface area (Å²) in [5, 5.41) is 0. The van der Waals surface area contributed by atoms with Gasteiger partial charge in [0.1, 0.15) is 11.7 Å². The number of ketones is 1. The average Bonchev–Trinajstić information content (AvgIpc) is 3.02. The van der Waals surface area contributed by atoms with Gasteiger partial charge < -0.3 is 14.2 Å². The Morgan fingerprint density at radius 2 is 2.00 bits per heavy atom. The van der Waals surface area contributed by atoms with Crippen molar-refractivity contribution in [3.05, 3.63) is 12.2 Å². The van der Waals surface area contributed by atoms with Gasteiger partial charge in [-0.15, -0.1) is 0 Å². The Kier molecular flexibility index (Phi) is 5.67. The first-order valence-electron chi connectivity index (χ1n) is 11.4. The predicted molar refractivity (Wildman–Crippen MR) is 109 cm³/mol. The summed E-state index contributed by atoms with van der Waals surface area (Å²) in [6.45, 7) is 13.2. The zero-order chi connectivity index (χ0) is 20.9. The molecule has 4 aliphatic rings. The number of ether oxygens (including phenoxy) is 3. The van der Waals surface area contributed by atoms with Crippen molar-refractivity contribution in [2.75, 3.05) is 6.61 Å². The summed E-state index contributed by atoms with van der Waals surface area (Å²) < 4.78 is 19.1. The summed E-state index contributed by atoms with van der Waals surface area (Å²) in [5.41, 5.74) is 0.122. The molecule has 9 unspecified atom stereocenters. The van der Waals surface area contributed by atoms with Gasteiger partial charge in [-0.1, -0.05) is 32.9 Å². The molecule has 162 valence electrons. The van der Waals surface area contributed by atoms with Crippen LogP contribution in [0.3, 0.4) is 0 Å². The van der Waals surface area contributed by atoms with E-state index in [1.165, 1.54) is 0 Å². The third-order valence-corrected chi connectivity index (χ3v) is 8.01. The highest BCUT2D eigenvalue weighted by Crippen LogP contribution is 2.57. The highest BCUT2D eigenvalue weighted by Gasteiger charge is 2.64. The minimum absolute atomic E-state index is 0.0682. The van der Waals surface area contributed by atoms with Crippen LogP contribution in [0.25, 0.3) is 0 Å². The van der Waals surface area contributed by atoms with E-state index in [-0.39, 0.29) is 47.8 Å². The third kappa shape index (κ3) is 3.48. The van der Waals surface area contributed by atoms with Gasteiger partial charge in [0.25, 0.3) is 0 Å². The van der Waals surface area contributed by atoms with Gasteiger partial charge in [0, 0.05) is 24.7 Å². The lowest BCUT2D eigenvalue weighted by molar-refractivity contribution is -0.165. The molecule has 0 aromatic heterocycles. The molecule has 2 bridgehead atoms. The van der Waals surface area contributed by atoms with Gasteiger partial charge in [0.05, 0.1) is 18.8 Å². The van der Waals surface area contributed by atoms with Gasteiger partial charge in [-0.3, -0.25) is 9.59 Å². The van der Waals surface area contributed by atoms with E-state index in [9.17, 15) is 9.59 Å². The van der Waals surface area contributed by atoms with Gasteiger partial charge in [-0.05, 0) is 50.4 Å². The fourth-order valence-corrected chi connectivity index (χ4v) is 6.44. The van der Waals surface area contributed by atoms with Gasteiger partial charge in [0.2, 0.25) is 0 Å². The molecule has 5 heteroatoms. The molecule has 5 nitrogen and oxygen atoms in total. The quantitative estimate of drug-likeness (QED) is 0.524. The van der Waals surface area contributed by atoms with E-state index in [1.54, 1.807) is 0 Å². The predicted octanol–water partition coefficient (Wildman–Crippen LogP) is 4.09. The molecule has 3 heterocycles. The molecule has 29 heavy (non-hydrogen) atoms. The van der Waals surface area contributed by atoms with E-state index in [0.717, 1.165) is 24.8 Å². The molecule has 0 aromatic rings. The third-order valence-electron chi connectivity index (χ3n) is 8.01. The lowest BCUT2D eigenvalue weighted by Gasteiger charge is -2.46. The Balaban J connectivity index is 1.77. The van der Waals surface area contributed by atoms with E-state index in [2.05, 4.69) is 20.4 Å². The summed E-state index contributed by atoms with van der Waals surface area (Å²) in [6.07, 6.45) is 3.58. The van der Waals surface area contributed by atoms with Crippen LogP contribution in [-0.2, 0) is 23.8 Å². The number of hydrogen-bond donors (Lipinski definition) is 0. The zero-order valence-corrected chi connectivity index (χ0v) is 18.3. The molecule has 3 saturated heterocycles. The number of rotatable bonds is 3. The summed E-state index contributed by atoms with van der Waals surface area (Å²) in [7, 11) is 0. The first-order chi connectivity index (χ1) is 13.8. The van der Waals surface area contributed by atoms with Gasteiger partial charge in [0.15, 0.2) is 5.78 Å². The van der Waals surface area contributed by atoms with Crippen LogP contribution in [0.2, 0.25) is 0 Å². The van der Waals surface area contributed by atoms with Crippen LogP contribution in [0, 0.1) is 29.6 Å². The summed E-state index contributed by atoms with van der Waals surface area (Å²) in [4.78, 5) is 25.7. The Hall–Kier alpha value is -1.20. The van der Waals surface area contributed by atoms with Crippen LogP contribution in [0.1, 0.15) is 66.2 Å².